The fourth-order valence-electron chi connectivity index (χ4n) is 3.78. The summed E-state index contributed by atoms with van der Waals surface area (Å²) >= 11 is 1.79. The van der Waals surface area contributed by atoms with E-state index in [2.05, 4.69) is 29.0 Å². The Morgan fingerprint density at radius 3 is 2.61 bits per heavy atom. The van der Waals surface area contributed by atoms with Crippen LogP contribution in [0.1, 0.15) is 42.5 Å². The second-order valence-corrected chi connectivity index (χ2v) is 7.88. The number of thiazole rings is 1. The summed E-state index contributed by atoms with van der Waals surface area (Å²) in [5.74, 6) is 2.92. The SMILES string of the molecule is CCNC(=NCCc1ncc(C)s1)N1CC2CCCCC2C1.I. The molecule has 1 saturated carbocycles. The number of nitrogens with one attached hydrogen (secondary N) is 1. The van der Waals surface area contributed by atoms with Crippen molar-refractivity contribution in [3.05, 3.63) is 16.1 Å². The van der Waals surface area contributed by atoms with Crippen LogP contribution in [-0.2, 0) is 6.42 Å². The number of nitrogens with zero attached hydrogens (tertiary/aromatic N) is 3. The number of likely N-dealkylation sites (tertiary alicyclic amines) is 1. The third-order valence-corrected chi connectivity index (χ3v) is 5.84. The predicted molar refractivity (Wildman–Crippen MR) is 109 cm³/mol. The van der Waals surface area contributed by atoms with Crippen LogP contribution in [0, 0.1) is 18.8 Å². The van der Waals surface area contributed by atoms with Crippen molar-refractivity contribution in [1.29, 1.82) is 0 Å². The van der Waals surface area contributed by atoms with Gasteiger partial charge in [0.2, 0.25) is 0 Å². The van der Waals surface area contributed by atoms with Crippen LogP contribution in [-0.4, -0.2) is 42.0 Å². The Bertz CT molecular complexity index is 502. The lowest BCUT2D eigenvalue weighted by molar-refractivity contribution is 0.299. The zero-order valence-corrected chi connectivity index (χ0v) is 17.4. The van der Waals surface area contributed by atoms with Gasteiger partial charge in [0.05, 0.1) is 5.01 Å². The predicted octanol–water partition coefficient (Wildman–Crippen LogP) is 3.70. The van der Waals surface area contributed by atoms with Gasteiger partial charge >= 0.3 is 0 Å². The number of fused-ring (bicyclic) bond motifs is 1. The molecule has 0 aromatic carbocycles. The Labute approximate surface area is 161 Å². The number of hydrogen-bond acceptors (Lipinski definition) is 3. The lowest BCUT2D eigenvalue weighted by atomic mass is 9.82. The number of rotatable bonds is 4. The molecule has 1 aliphatic heterocycles. The summed E-state index contributed by atoms with van der Waals surface area (Å²) in [6, 6.07) is 0. The van der Waals surface area contributed by atoms with E-state index in [1.807, 2.05) is 6.20 Å². The van der Waals surface area contributed by atoms with E-state index in [1.165, 1.54) is 48.7 Å². The van der Waals surface area contributed by atoms with Crippen LogP contribution in [0.15, 0.2) is 11.2 Å². The number of halogens is 1. The van der Waals surface area contributed by atoms with Gasteiger partial charge in [0, 0.05) is 43.7 Å². The van der Waals surface area contributed by atoms with Crippen molar-refractivity contribution in [1.82, 2.24) is 15.2 Å². The summed E-state index contributed by atoms with van der Waals surface area (Å²) < 4.78 is 0. The molecule has 0 bridgehead atoms. The molecule has 2 atom stereocenters. The molecule has 0 amide bonds. The Morgan fingerprint density at radius 1 is 1.35 bits per heavy atom. The summed E-state index contributed by atoms with van der Waals surface area (Å²) in [6.07, 6.45) is 8.59. The van der Waals surface area contributed by atoms with Crippen LogP contribution in [0.25, 0.3) is 0 Å². The average Bonchev–Trinajstić information content (AvgIpc) is 3.12. The van der Waals surface area contributed by atoms with E-state index in [9.17, 15) is 0 Å². The summed E-state index contributed by atoms with van der Waals surface area (Å²) in [5, 5.41) is 4.69. The van der Waals surface area contributed by atoms with Crippen molar-refractivity contribution < 1.29 is 0 Å². The fraction of sp³-hybridized carbons (Fsp3) is 0.765. The molecule has 2 fully saturated rings. The third-order valence-electron chi connectivity index (χ3n) is 4.87. The molecule has 1 aromatic heterocycles. The topological polar surface area (TPSA) is 40.5 Å². The smallest absolute Gasteiger partial charge is 0.193 e. The van der Waals surface area contributed by atoms with Crippen molar-refractivity contribution in [2.24, 2.45) is 16.8 Å². The summed E-state index contributed by atoms with van der Waals surface area (Å²) in [7, 11) is 0. The molecule has 130 valence electrons. The van der Waals surface area contributed by atoms with E-state index in [1.54, 1.807) is 11.3 Å². The van der Waals surface area contributed by atoms with E-state index >= 15 is 0 Å². The highest BCUT2D eigenvalue weighted by atomic mass is 127. The molecule has 23 heavy (non-hydrogen) atoms. The van der Waals surface area contributed by atoms with Gasteiger partial charge in [-0.3, -0.25) is 4.99 Å². The van der Waals surface area contributed by atoms with Gasteiger partial charge in [-0.25, -0.2) is 4.98 Å². The minimum absolute atomic E-state index is 0. The largest absolute Gasteiger partial charge is 0.357 e. The second-order valence-electron chi connectivity index (χ2n) is 6.56. The van der Waals surface area contributed by atoms with Gasteiger partial charge in [-0.1, -0.05) is 12.8 Å². The molecular formula is C17H29IN4S. The molecule has 3 rings (SSSR count). The van der Waals surface area contributed by atoms with E-state index in [0.29, 0.717) is 0 Å². The van der Waals surface area contributed by atoms with Crippen LogP contribution in [0.5, 0.6) is 0 Å². The summed E-state index contributed by atoms with van der Waals surface area (Å²) in [4.78, 5) is 13.1. The molecule has 1 saturated heterocycles. The maximum Gasteiger partial charge on any atom is 0.193 e. The first-order chi connectivity index (χ1) is 10.8. The molecule has 2 unspecified atom stereocenters. The number of aromatic nitrogens is 1. The van der Waals surface area contributed by atoms with Crippen LogP contribution in [0.2, 0.25) is 0 Å². The first-order valence-corrected chi connectivity index (χ1v) is 9.52. The summed E-state index contributed by atoms with van der Waals surface area (Å²) in [6.45, 7) is 8.45. The van der Waals surface area contributed by atoms with Crippen molar-refractivity contribution >= 4 is 41.3 Å². The average molecular weight is 448 g/mol. The Hall–Kier alpha value is -0.370. The van der Waals surface area contributed by atoms with Crippen LogP contribution in [0.3, 0.4) is 0 Å². The van der Waals surface area contributed by atoms with Gasteiger partial charge in [-0.2, -0.15) is 0 Å². The minimum Gasteiger partial charge on any atom is -0.357 e. The number of aryl methyl sites for hydroxylation is 1. The molecule has 1 aliphatic carbocycles. The molecule has 1 aromatic rings. The van der Waals surface area contributed by atoms with Gasteiger partial charge in [-0.05, 0) is 38.5 Å². The molecule has 6 heteroatoms. The van der Waals surface area contributed by atoms with Gasteiger partial charge in [0.15, 0.2) is 5.96 Å². The maximum absolute atomic E-state index is 4.86. The quantitative estimate of drug-likeness (QED) is 0.434. The summed E-state index contributed by atoms with van der Waals surface area (Å²) in [5.41, 5.74) is 0. The first-order valence-electron chi connectivity index (χ1n) is 8.71. The zero-order valence-electron chi connectivity index (χ0n) is 14.3. The second kappa shape index (κ2) is 9.20. The number of hydrogen-bond donors (Lipinski definition) is 1. The van der Waals surface area contributed by atoms with Crippen molar-refractivity contribution in [2.45, 2.75) is 46.0 Å². The van der Waals surface area contributed by atoms with E-state index in [4.69, 9.17) is 4.99 Å². The highest BCUT2D eigenvalue weighted by Crippen LogP contribution is 2.35. The molecule has 0 radical (unpaired) electrons. The fourth-order valence-corrected chi connectivity index (χ4v) is 4.55. The van der Waals surface area contributed by atoms with Crippen molar-refractivity contribution in [2.75, 3.05) is 26.2 Å². The Kier molecular flexibility index (Phi) is 7.59. The zero-order chi connectivity index (χ0) is 15.4. The van der Waals surface area contributed by atoms with Crippen LogP contribution in [0.4, 0.5) is 0 Å². The minimum atomic E-state index is 0. The van der Waals surface area contributed by atoms with Gasteiger partial charge in [0.1, 0.15) is 0 Å². The first kappa shape index (κ1) is 19.0. The number of aliphatic imine (C=N–C) groups is 1. The van der Waals surface area contributed by atoms with E-state index < -0.39 is 0 Å². The lowest BCUT2D eigenvalue weighted by Crippen LogP contribution is -2.40. The lowest BCUT2D eigenvalue weighted by Gasteiger charge is -2.22. The number of guanidine groups is 1. The highest BCUT2D eigenvalue weighted by molar-refractivity contribution is 14.0. The van der Waals surface area contributed by atoms with Crippen molar-refractivity contribution in [3.63, 3.8) is 0 Å². The standard InChI is InChI=1S/C17H28N4S.HI/c1-3-18-17(19-9-8-16-20-10-13(2)22-16)21-11-14-6-4-5-7-15(14)12-21;/h10,14-15H,3-9,11-12H2,1-2H3,(H,18,19);1H. The molecule has 2 aliphatic rings. The Balaban J connectivity index is 0.00000192. The normalized spacial score (nSPS) is 24.3. The monoisotopic (exact) mass is 448 g/mol. The van der Waals surface area contributed by atoms with Crippen molar-refractivity contribution in [3.8, 4) is 0 Å². The maximum atomic E-state index is 4.86. The molecule has 2 heterocycles. The molecule has 1 N–H and O–H groups in total. The Morgan fingerprint density at radius 2 is 2.04 bits per heavy atom. The van der Waals surface area contributed by atoms with E-state index in [-0.39, 0.29) is 24.0 Å². The van der Waals surface area contributed by atoms with Gasteiger partial charge in [-0.15, -0.1) is 35.3 Å². The highest BCUT2D eigenvalue weighted by Gasteiger charge is 2.35. The van der Waals surface area contributed by atoms with Crippen LogP contribution < -0.4 is 5.32 Å². The van der Waals surface area contributed by atoms with Crippen LogP contribution >= 0.6 is 35.3 Å². The van der Waals surface area contributed by atoms with Gasteiger partial charge in [0.25, 0.3) is 0 Å². The molecular weight excluding hydrogens is 419 g/mol. The third kappa shape index (κ3) is 5.05. The van der Waals surface area contributed by atoms with E-state index in [0.717, 1.165) is 37.3 Å². The molecule has 4 nitrogen and oxygen atoms in total. The molecule has 0 spiro atoms. The van der Waals surface area contributed by atoms with Gasteiger partial charge < -0.3 is 10.2 Å².